The molecule has 1 aromatic carbocycles. The number of hydrogen-bond acceptors (Lipinski definition) is 2. The highest BCUT2D eigenvalue weighted by Crippen LogP contribution is 2.26. The van der Waals surface area contributed by atoms with Crippen molar-refractivity contribution in [2.75, 3.05) is 13.2 Å². The molecule has 1 rings (SSSR count). The maximum Gasteiger partial charge on any atom is 0.220 e. The largest absolute Gasteiger partial charge is 0.492 e. The molecule has 0 saturated heterocycles. The van der Waals surface area contributed by atoms with Gasteiger partial charge in [0, 0.05) is 13.0 Å². The van der Waals surface area contributed by atoms with Gasteiger partial charge < -0.3 is 10.1 Å². The van der Waals surface area contributed by atoms with Gasteiger partial charge in [-0.2, -0.15) is 0 Å². The van der Waals surface area contributed by atoms with E-state index in [1.807, 2.05) is 6.07 Å². The van der Waals surface area contributed by atoms with Crippen LogP contribution in [-0.4, -0.2) is 19.1 Å². The number of halogens is 1. The van der Waals surface area contributed by atoms with E-state index in [0.717, 1.165) is 36.0 Å². The summed E-state index contributed by atoms with van der Waals surface area (Å²) < 4.78 is 6.68. The Balaban J connectivity index is 2.17. The lowest BCUT2D eigenvalue weighted by molar-refractivity contribution is -0.121. The Morgan fingerprint density at radius 2 is 2.05 bits per heavy atom. The van der Waals surface area contributed by atoms with Crippen molar-refractivity contribution in [3.63, 3.8) is 0 Å². The Bertz CT molecular complexity index is 435. The molecule has 0 heterocycles. The zero-order valence-corrected chi connectivity index (χ0v) is 14.7. The van der Waals surface area contributed by atoms with Crippen molar-refractivity contribution in [2.24, 2.45) is 0 Å². The van der Waals surface area contributed by atoms with Gasteiger partial charge in [0.25, 0.3) is 0 Å². The number of unbranched alkanes of at least 4 members (excludes halogenated alkanes) is 2. The number of rotatable bonds is 10. The van der Waals surface area contributed by atoms with E-state index in [2.05, 4.69) is 47.2 Å². The Hall–Kier alpha value is -1.03. The zero-order valence-electron chi connectivity index (χ0n) is 13.1. The molecule has 1 aromatic rings. The van der Waals surface area contributed by atoms with Crippen LogP contribution in [0.1, 0.15) is 51.5 Å². The minimum atomic E-state index is 0.120. The number of aryl methyl sites for hydroxylation is 1. The average molecular weight is 356 g/mol. The van der Waals surface area contributed by atoms with Gasteiger partial charge in [-0.25, -0.2) is 0 Å². The van der Waals surface area contributed by atoms with Gasteiger partial charge in [-0.3, -0.25) is 4.79 Å². The van der Waals surface area contributed by atoms with Crippen LogP contribution in [0.3, 0.4) is 0 Å². The summed E-state index contributed by atoms with van der Waals surface area (Å²) in [5, 5.41) is 2.94. The van der Waals surface area contributed by atoms with Gasteiger partial charge in [0.05, 0.1) is 11.1 Å². The molecule has 0 unspecified atom stereocenters. The van der Waals surface area contributed by atoms with Crippen molar-refractivity contribution in [1.82, 2.24) is 5.32 Å². The minimum absolute atomic E-state index is 0.120. The van der Waals surface area contributed by atoms with Gasteiger partial charge in [0.2, 0.25) is 5.91 Å². The van der Waals surface area contributed by atoms with E-state index in [9.17, 15) is 4.79 Å². The van der Waals surface area contributed by atoms with Crippen LogP contribution in [0.5, 0.6) is 5.75 Å². The minimum Gasteiger partial charge on any atom is -0.492 e. The maximum atomic E-state index is 11.6. The van der Waals surface area contributed by atoms with Gasteiger partial charge in [0.15, 0.2) is 0 Å². The van der Waals surface area contributed by atoms with Crippen molar-refractivity contribution in [1.29, 1.82) is 0 Å². The number of nitrogens with one attached hydrogen (secondary N) is 1. The summed E-state index contributed by atoms with van der Waals surface area (Å²) in [6, 6.07) is 6.13. The third-order valence-corrected chi connectivity index (χ3v) is 3.93. The van der Waals surface area contributed by atoms with E-state index in [-0.39, 0.29) is 5.91 Å². The van der Waals surface area contributed by atoms with Gasteiger partial charge in [-0.05, 0) is 52.9 Å². The van der Waals surface area contributed by atoms with Crippen LogP contribution < -0.4 is 10.1 Å². The van der Waals surface area contributed by atoms with Gasteiger partial charge in [0.1, 0.15) is 5.75 Å². The fourth-order valence-electron chi connectivity index (χ4n) is 1.99. The second-order valence-corrected chi connectivity index (χ2v) is 5.98. The van der Waals surface area contributed by atoms with Crippen LogP contribution >= 0.6 is 15.9 Å². The van der Waals surface area contributed by atoms with E-state index in [0.29, 0.717) is 13.0 Å². The predicted octanol–water partition coefficient (Wildman–Crippen LogP) is 4.48. The summed E-state index contributed by atoms with van der Waals surface area (Å²) in [4.78, 5) is 11.6. The van der Waals surface area contributed by atoms with E-state index in [1.54, 1.807) is 0 Å². The number of amides is 1. The maximum absolute atomic E-state index is 11.6. The fraction of sp³-hybridized carbons (Fsp3) is 0.588. The predicted molar refractivity (Wildman–Crippen MR) is 90.8 cm³/mol. The summed E-state index contributed by atoms with van der Waals surface area (Å²) in [6.07, 6.45) is 5.69. The zero-order chi connectivity index (χ0) is 15.5. The third kappa shape index (κ3) is 7.51. The molecule has 0 spiro atoms. The number of carbonyl (C=O) groups is 1. The molecule has 0 aliphatic heterocycles. The lowest BCUT2D eigenvalue weighted by Gasteiger charge is -2.09. The second-order valence-electron chi connectivity index (χ2n) is 5.13. The van der Waals surface area contributed by atoms with E-state index < -0.39 is 0 Å². The van der Waals surface area contributed by atoms with Crippen molar-refractivity contribution in [3.05, 3.63) is 28.2 Å². The van der Waals surface area contributed by atoms with Crippen LogP contribution in [0.4, 0.5) is 0 Å². The van der Waals surface area contributed by atoms with E-state index in [4.69, 9.17) is 4.74 Å². The molecular weight excluding hydrogens is 330 g/mol. The first kappa shape index (κ1) is 18.0. The van der Waals surface area contributed by atoms with Crippen molar-refractivity contribution < 1.29 is 9.53 Å². The van der Waals surface area contributed by atoms with Crippen molar-refractivity contribution in [2.45, 2.75) is 52.4 Å². The lowest BCUT2D eigenvalue weighted by atomic mass is 10.2. The van der Waals surface area contributed by atoms with Gasteiger partial charge in [-0.15, -0.1) is 0 Å². The number of benzene rings is 1. The summed E-state index contributed by atoms with van der Waals surface area (Å²) in [5.74, 6) is 0.964. The van der Waals surface area contributed by atoms with Crippen LogP contribution in [0.25, 0.3) is 0 Å². The molecule has 0 aromatic heterocycles. The Morgan fingerprint density at radius 3 is 2.71 bits per heavy atom. The topological polar surface area (TPSA) is 38.3 Å². The van der Waals surface area contributed by atoms with Crippen LogP contribution in [0.15, 0.2) is 22.7 Å². The third-order valence-electron chi connectivity index (χ3n) is 3.31. The molecule has 3 nitrogen and oxygen atoms in total. The SMILES string of the molecule is CCCCCNC(=O)CCCOc1ccc(CC)cc1Br. The van der Waals surface area contributed by atoms with Gasteiger partial charge in [-0.1, -0.05) is 32.8 Å². The van der Waals surface area contributed by atoms with E-state index in [1.165, 1.54) is 18.4 Å². The molecule has 118 valence electrons. The molecule has 0 aliphatic rings. The quantitative estimate of drug-likeness (QED) is 0.628. The molecule has 0 bridgehead atoms. The smallest absolute Gasteiger partial charge is 0.220 e. The number of hydrogen-bond donors (Lipinski definition) is 1. The molecule has 0 saturated carbocycles. The molecule has 1 amide bonds. The first-order valence-electron chi connectivity index (χ1n) is 7.85. The van der Waals surface area contributed by atoms with Crippen molar-refractivity contribution >= 4 is 21.8 Å². The van der Waals surface area contributed by atoms with Crippen LogP contribution in [0, 0.1) is 0 Å². The average Bonchev–Trinajstić information content (AvgIpc) is 2.49. The summed E-state index contributed by atoms with van der Waals surface area (Å²) in [6.45, 7) is 5.63. The van der Waals surface area contributed by atoms with Gasteiger partial charge >= 0.3 is 0 Å². The number of ether oxygens (including phenoxy) is 1. The number of carbonyl (C=O) groups excluding carboxylic acids is 1. The highest BCUT2D eigenvalue weighted by atomic mass is 79.9. The summed E-state index contributed by atoms with van der Waals surface area (Å²) in [5.41, 5.74) is 1.28. The van der Waals surface area contributed by atoms with Crippen LogP contribution in [0.2, 0.25) is 0 Å². The molecule has 4 heteroatoms. The Labute approximate surface area is 136 Å². The standard InChI is InChI=1S/C17H26BrNO2/c1-3-5-6-11-19-17(20)8-7-12-21-16-10-9-14(4-2)13-15(16)18/h9-10,13H,3-8,11-12H2,1-2H3,(H,19,20). The fourth-order valence-corrected chi connectivity index (χ4v) is 2.53. The first-order chi connectivity index (χ1) is 10.2. The first-order valence-corrected chi connectivity index (χ1v) is 8.64. The molecule has 0 aliphatic carbocycles. The molecule has 0 radical (unpaired) electrons. The normalized spacial score (nSPS) is 10.4. The molecule has 0 fully saturated rings. The van der Waals surface area contributed by atoms with Crippen LogP contribution in [-0.2, 0) is 11.2 Å². The molecule has 21 heavy (non-hydrogen) atoms. The summed E-state index contributed by atoms with van der Waals surface area (Å²) in [7, 11) is 0. The monoisotopic (exact) mass is 355 g/mol. The lowest BCUT2D eigenvalue weighted by Crippen LogP contribution is -2.24. The highest BCUT2D eigenvalue weighted by molar-refractivity contribution is 9.10. The highest BCUT2D eigenvalue weighted by Gasteiger charge is 2.04. The molecule has 1 N–H and O–H groups in total. The summed E-state index contributed by atoms with van der Waals surface area (Å²) >= 11 is 3.51. The van der Waals surface area contributed by atoms with Crippen molar-refractivity contribution in [3.8, 4) is 5.75 Å². The Morgan fingerprint density at radius 1 is 1.24 bits per heavy atom. The van der Waals surface area contributed by atoms with E-state index >= 15 is 0 Å². The second kappa shape index (κ2) is 10.7. The Kier molecular flexibility index (Phi) is 9.15. The molecule has 0 atom stereocenters. The molecular formula is C17H26BrNO2.